The zero-order chi connectivity index (χ0) is 31.1. The van der Waals surface area contributed by atoms with Crippen LogP contribution in [-0.2, 0) is 0 Å². The van der Waals surface area contributed by atoms with Crippen molar-refractivity contribution in [2.24, 2.45) is 0 Å². The summed E-state index contributed by atoms with van der Waals surface area (Å²) in [6.07, 6.45) is 3.76. The van der Waals surface area contributed by atoms with Gasteiger partial charge in [0.25, 0.3) is 0 Å². The number of benzene rings is 4. The van der Waals surface area contributed by atoms with Crippen LogP contribution in [-0.4, -0.2) is 53.9 Å². The summed E-state index contributed by atoms with van der Waals surface area (Å²) in [6, 6.07) is 22.6. The number of aromatic nitrogens is 4. The predicted molar refractivity (Wildman–Crippen MR) is 195 cm³/mol. The fraction of sp³-hybridized carbons (Fsp3) is 0.118. The number of aryl methyl sites for hydroxylation is 4. The van der Waals surface area contributed by atoms with Gasteiger partial charge in [-0.3, -0.25) is 9.59 Å². The van der Waals surface area contributed by atoms with E-state index in [2.05, 4.69) is 65.6 Å². The molecular weight excluding hydrogens is 756 g/mol. The topological polar surface area (TPSA) is 212 Å². The standard InChI is InChI=1S/C17H13BrN2O.C10H9ClN2.C7H5BrO.4H2O/c1-10-6-14-15(7-11(10)2)19-9-20-16(14)17(21)12-4-3-5-13(18)8-12;1-6-3-8-9(4-7(6)2)12-5-13-10(8)11;8-7-3-1-2-6(4-7)5-9;;;;/h3-9H,1-2H3;3-5H,1-2H3;1-5H;4*1H2. The highest BCUT2D eigenvalue weighted by atomic mass is 79.9. The Morgan fingerprint density at radius 2 is 1.13 bits per heavy atom. The van der Waals surface area contributed by atoms with Gasteiger partial charge < -0.3 is 21.9 Å². The zero-order valence-electron chi connectivity index (χ0n) is 25.9. The molecule has 0 aliphatic carbocycles. The van der Waals surface area contributed by atoms with Gasteiger partial charge in [0.15, 0.2) is 0 Å². The van der Waals surface area contributed by atoms with Gasteiger partial charge in [0.1, 0.15) is 29.8 Å². The van der Waals surface area contributed by atoms with E-state index in [9.17, 15) is 9.59 Å². The van der Waals surface area contributed by atoms with Crippen molar-refractivity contribution in [2.45, 2.75) is 27.7 Å². The Kier molecular flexibility index (Phi) is 17.9. The number of carbonyl (C=O) groups is 2. The maximum absolute atomic E-state index is 12.7. The van der Waals surface area contributed by atoms with Gasteiger partial charge in [-0.25, -0.2) is 19.9 Å². The Morgan fingerprint density at radius 3 is 1.66 bits per heavy atom. The minimum atomic E-state index is -0.0908. The molecule has 2 heterocycles. The quantitative estimate of drug-likeness (QED) is 0.117. The molecule has 13 heteroatoms. The maximum atomic E-state index is 12.7. The second-order valence-electron chi connectivity index (χ2n) is 9.81. The van der Waals surface area contributed by atoms with Gasteiger partial charge in [0, 0.05) is 30.8 Å². The number of halogens is 3. The average molecular weight is 791 g/mol. The first-order valence-electron chi connectivity index (χ1n) is 13.2. The Morgan fingerprint density at radius 1 is 0.638 bits per heavy atom. The van der Waals surface area contributed by atoms with Crippen LogP contribution < -0.4 is 0 Å². The fourth-order valence-corrected chi connectivity index (χ4v) is 5.14. The van der Waals surface area contributed by atoms with Crippen molar-refractivity contribution in [1.29, 1.82) is 0 Å². The zero-order valence-corrected chi connectivity index (χ0v) is 29.8. The fourth-order valence-electron chi connectivity index (χ4n) is 4.13. The van der Waals surface area contributed by atoms with E-state index >= 15 is 0 Å². The van der Waals surface area contributed by atoms with Gasteiger partial charge >= 0.3 is 0 Å². The first kappa shape index (κ1) is 43.0. The molecule has 248 valence electrons. The number of hydrogen-bond acceptors (Lipinski definition) is 6. The van der Waals surface area contributed by atoms with Crippen molar-refractivity contribution in [1.82, 2.24) is 19.9 Å². The van der Waals surface area contributed by atoms with Crippen LogP contribution in [0.3, 0.4) is 0 Å². The van der Waals surface area contributed by atoms with Crippen molar-refractivity contribution in [3.05, 3.63) is 139 Å². The summed E-state index contributed by atoms with van der Waals surface area (Å²) < 4.78 is 1.81. The molecule has 0 atom stereocenters. The first-order valence-corrected chi connectivity index (χ1v) is 15.1. The normalized spacial score (nSPS) is 9.51. The molecule has 4 aromatic carbocycles. The largest absolute Gasteiger partial charge is 0.412 e. The molecule has 10 nitrogen and oxygen atoms in total. The summed E-state index contributed by atoms with van der Waals surface area (Å²) >= 11 is 12.6. The number of nitrogens with zero attached hydrogens (tertiary/aromatic N) is 4. The van der Waals surface area contributed by atoms with Gasteiger partial charge in [-0.05, 0) is 98.5 Å². The lowest BCUT2D eigenvalue weighted by Crippen LogP contribution is -2.06. The molecule has 8 N–H and O–H groups in total. The number of aldehydes is 1. The number of rotatable bonds is 3. The summed E-state index contributed by atoms with van der Waals surface area (Å²) in [5.41, 5.74) is 8.18. The molecule has 0 saturated heterocycles. The molecule has 6 rings (SSSR count). The number of ketones is 1. The molecule has 0 radical (unpaired) electrons. The Hall–Kier alpha value is -4.01. The van der Waals surface area contributed by atoms with Gasteiger partial charge in [0.2, 0.25) is 5.78 Å². The van der Waals surface area contributed by atoms with E-state index in [-0.39, 0.29) is 27.7 Å². The third kappa shape index (κ3) is 11.0. The summed E-state index contributed by atoms with van der Waals surface area (Å²) in [7, 11) is 0. The Balaban J connectivity index is 0.000000705. The SMILES string of the molecule is Cc1cc2ncnc(C(=O)c3cccc(Br)c3)c2cc1C.Cc1cc2ncnc(Cl)c2cc1C.O.O.O.O.O=Cc1cccc(Br)c1. The van der Waals surface area contributed by atoms with Crippen molar-refractivity contribution < 1.29 is 31.5 Å². The molecule has 0 fully saturated rings. The molecule has 0 aliphatic heterocycles. The second-order valence-corrected chi connectivity index (χ2v) is 12.0. The lowest BCUT2D eigenvalue weighted by molar-refractivity contribution is 0.103. The van der Waals surface area contributed by atoms with Crippen LogP contribution in [0, 0.1) is 27.7 Å². The lowest BCUT2D eigenvalue weighted by Gasteiger charge is -2.07. The van der Waals surface area contributed by atoms with Gasteiger partial charge in [-0.2, -0.15) is 0 Å². The summed E-state index contributed by atoms with van der Waals surface area (Å²) in [5.74, 6) is -0.0908. The van der Waals surface area contributed by atoms with E-state index in [0.29, 0.717) is 22.0 Å². The summed E-state index contributed by atoms with van der Waals surface area (Å²) in [6.45, 7) is 8.17. The van der Waals surface area contributed by atoms with E-state index in [1.165, 1.54) is 23.8 Å². The van der Waals surface area contributed by atoms with E-state index < -0.39 is 0 Å². The molecule has 0 aliphatic rings. The van der Waals surface area contributed by atoms with Crippen LogP contribution in [0.4, 0.5) is 0 Å². The van der Waals surface area contributed by atoms with Gasteiger partial charge in [0.05, 0.1) is 11.0 Å². The molecule has 0 saturated carbocycles. The van der Waals surface area contributed by atoms with E-state index in [4.69, 9.17) is 11.6 Å². The minimum absolute atomic E-state index is 0. The van der Waals surface area contributed by atoms with Gasteiger partial charge in [-0.15, -0.1) is 0 Å². The van der Waals surface area contributed by atoms with E-state index in [1.807, 2.05) is 62.4 Å². The molecule has 2 aromatic heterocycles. The van der Waals surface area contributed by atoms with Crippen LogP contribution in [0.15, 0.2) is 94.4 Å². The summed E-state index contributed by atoms with van der Waals surface area (Å²) in [4.78, 5) is 39.4. The van der Waals surface area contributed by atoms with Crippen molar-refractivity contribution in [3.63, 3.8) is 0 Å². The number of fused-ring (bicyclic) bond motifs is 2. The van der Waals surface area contributed by atoms with Crippen LogP contribution in [0.1, 0.15) is 48.7 Å². The van der Waals surface area contributed by atoms with Crippen molar-refractivity contribution >= 4 is 77.3 Å². The van der Waals surface area contributed by atoms with Crippen molar-refractivity contribution in [2.75, 3.05) is 0 Å². The molecule has 0 spiro atoms. The first-order chi connectivity index (χ1) is 20.6. The minimum Gasteiger partial charge on any atom is -0.412 e. The van der Waals surface area contributed by atoms with Crippen LogP contribution in [0.5, 0.6) is 0 Å². The Labute approximate surface area is 293 Å². The van der Waals surface area contributed by atoms with Gasteiger partial charge in [-0.1, -0.05) is 67.7 Å². The molecule has 47 heavy (non-hydrogen) atoms. The number of hydrogen-bond donors (Lipinski definition) is 0. The maximum Gasteiger partial charge on any atom is 0.212 e. The smallest absolute Gasteiger partial charge is 0.212 e. The average Bonchev–Trinajstić information content (AvgIpc) is 2.99. The number of carbonyl (C=O) groups excluding carboxylic acids is 2. The molecule has 0 unspecified atom stereocenters. The second kappa shape index (κ2) is 19.6. The highest BCUT2D eigenvalue weighted by molar-refractivity contribution is 9.10. The van der Waals surface area contributed by atoms with E-state index in [0.717, 1.165) is 48.2 Å². The molecule has 6 aromatic rings. The van der Waals surface area contributed by atoms with Crippen LogP contribution in [0.25, 0.3) is 21.8 Å². The van der Waals surface area contributed by atoms with Crippen LogP contribution >= 0.6 is 43.5 Å². The highest BCUT2D eigenvalue weighted by Gasteiger charge is 2.15. The highest BCUT2D eigenvalue weighted by Crippen LogP contribution is 2.24. The molecule has 0 amide bonds. The third-order valence-corrected chi connectivity index (χ3v) is 8.03. The van der Waals surface area contributed by atoms with Crippen LogP contribution in [0.2, 0.25) is 5.15 Å². The summed E-state index contributed by atoms with van der Waals surface area (Å²) in [5, 5.41) is 2.24. The van der Waals surface area contributed by atoms with Crippen molar-refractivity contribution in [3.8, 4) is 0 Å². The third-order valence-electron chi connectivity index (χ3n) is 6.74. The molecular formula is C34H35Br2ClN4O6. The monoisotopic (exact) mass is 788 g/mol. The molecule has 0 bridgehead atoms. The predicted octanol–water partition coefficient (Wildman–Crippen LogP) is 6.10. The lowest BCUT2D eigenvalue weighted by atomic mass is 10.0. The van der Waals surface area contributed by atoms with E-state index in [1.54, 1.807) is 24.3 Å². The Bertz CT molecular complexity index is 1980.